The van der Waals surface area contributed by atoms with E-state index in [4.69, 9.17) is 5.11 Å². The number of aliphatic hydroxyl groups excluding tert-OH is 1. The van der Waals surface area contributed by atoms with Crippen LogP contribution in [0.15, 0.2) is 61.1 Å². The fraction of sp³-hybridized carbons (Fsp3) is 0.250. The summed E-state index contributed by atoms with van der Waals surface area (Å²) in [6, 6.07) is 15.2. The molecule has 1 aromatic heterocycles. The molecule has 0 radical (unpaired) electrons. The van der Waals surface area contributed by atoms with Gasteiger partial charge in [-0.25, -0.2) is 9.37 Å². The Hall–Kier alpha value is -2.66. The monoisotopic (exact) mass is 339 g/mol. The largest absolute Gasteiger partial charge is 0.395 e. The molecule has 2 aromatic carbocycles. The maximum atomic E-state index is 14.0. The van der Waals surface area contributed by atoms with Crippen LogP contribution in [0.3, 0.4) is 0 Å². The Kier molecular flexibility index (Phi) is 4.86. The van der Waals surface area contributed by atoms with Gasteiger partial charge in [-0.05, 0) is 37.6 Å². The second-order valence-corrected chi connectivity index (χ2v) is 6.44. The fourth-order valence-corrected chi connectivity index (χ4v) is 2.66. The molecule has 0 atom stereocenters. The molecule has 0 unspecified atom stereocenters. The first kappa shape index (κ1) is 17.2. The van der Waals surface area contributed by atoms with E-state index in [2.05, 4.69) is 10.3 Å². The van der Waals surface area contributed by atoms with Gasteiger partial charge < -0.3 is 15.0 Å². The van der Waals surface area contributed by atoms with Crippen LogP contribution in [0.4, 0.5) is 15.8 Å². The first-order chi connectivity index (χ1) is 12.0. The Morgan fingerprint density at radius 3 is 2.52 bits per heavy atom. The summed E-state index contributed by atoms with van der Waals surface area (Å²) < 4.78 is 15.8. The number of hydrogen-bond acceptors (Lipinski definition) is 3. The van der Waals surface area contributed by atoms with E-state index >= 15 is 0 Å². The highest BCUT2D eigenvalue weighted by molar-refractivity contribution is 5.78. The van der Waals surface area contributed by atoms with Crippen molar-refractivity contribution in [3.8, 4) is 11.3 Å². The molecule has 0 saturated heterocycles. The number of para-hydroxylation sites is 1. The zero-order chi connectivity index (χ0) is 17.9. The summed E-state index contributed by atoms with van der Waals surface area (Å²) in [7, 11) is 0. The minimum absolute atomic E-state index is 0.0764. The smallest absolute Gasteiger partial charge is 0.130 e. The molecule has 0 aliphatic carbocycles. The van der Waals surface area contributed by atoms with E-state index in [0.29, 0.717) is 12.1 Å². The number of alkyl halides is 1. The van der Waals surface area contributed by atoms with Gasteiger partial charge in [0, 0.05) is 29.7 Å². The number of imidazole rings is 1. The molecule has 0 spiro atoms. The number of nitrogens with zero attached hydrogens (tertiary/aromatic N) is 2. The number of anilines is 2. The average molecular weight is 339 g/mol. The highest BCUT2D eigenvalue weighted by Crippen LogP contribution is 2.30. The summed E-state index contributed by atoms with van der Waals surface area (Å²) in [5.41, 5.74) is 2.90. The lowest BCUT2D eigenvalue weighted by molar-refractivity contribution is 0.221. The molecule has 3 aromatic rings. The zero-order valence-corrected chi connectivity index (χ0v) is 14.4. The molecule has 1 heterocycles. The van der Waals surface area contributed by atoms with Crippen LogP contribution >= 0.6 is 0 Å². The van der Waals surface area contributed by atoms with E-state index < -0.39 is 5.67 Å². The lowest BCUT2D eigenvalue weighted by Crippen LogP contribution is -2.08. The Morgan fingerprint density at radius 2 is 1.84 bits per heavy atom. The topological polar surface area (TPSA) is 50.1 Å². The summed E-state index contributed by atoms with van der Waals surface area (Å²) >= 11 is 0. The van der Waals surface area contributed by atoms with Crippen molar-refractivity contribution in [1.29, 1.82) is 0 Å². The maximum Gasteiger partial charge on any atom is 0.130 e. The number of aromatic nitrogens is 2. The van der Waals surface area contributed by atoms with Gasteiger partial charge in [-0.1, -0.05) is 30.3 Å². The molecule has 0 aliphatic heterocycles. The highest BCUT2D eigenvalue weighted by Gasteiger charge is 2.18. The van der Waals surface area contributed by atoms with Gasteiger partial charge in [-0.15, -0.1) is 0 Å². The van der Waals surface area contributed by atoms with Crippen LogP contribution in [0.5, 0.6) is 0 Å². The van der Waals surface area contributed by atoms with E-state index in [1.807, 2.05) is 47.2 Å². The number of aliphatic hydroxyl groups is 1. The summed E-state index contributed by atoms with van der Waals surface area (Å²) in [4.78, 5) is 4.42. The molecule has 3 rings (SSSR count). The molecular weight excluding hydrogens is 317 g/mol. The Balaban J connectivity index is 1.85. The molecular formula is C20H22FN3O. The van der Waals surface area contributed by atoms with E-state index in [9.17, 15) is 4.39 Å². The van der Waals surface area contributed by atoms with Crippen molar-refractivity contribution in [2.75, 3.05) is 11.9 Å². The minimum atomic E-state index is -1.35. The Morgan fingerprint density at radius 1 is 1.12 bits per heavy atom. The molecule has 0 fully saturated rings. The summed E-state index contributed by atoms with van der Waals surface area (Å²) in [5.74, 6) is 0. The molecule has 0 amide bonds. The average Bonchev–Trinajstić information content (AvgIpc) is 3.04. The highest BCUT2D eigenvalue weighted by atomic mass is 19.1. The van der Waals surface area contributed by atoms with E-state index in [-0.39, 0.29) is 6.61 Å². The molecule has 4 nitrogen and oxygen atoms in total. The number of benzene rings is 2. The Labute approximate surface area is 147 Å². The van der Waals surface area contributed by atoms with Gasteiger partial charge in [-0.2, -0.15) is 0 Å². The van der Waals surface area contributed by atoms with Gasteiger partial charge in [0.25, 0.3) is 0 Å². The van der Waals surface area contributed by atoms with Crippen LogP contribution < -0.4 is 5.32 Å². The van der Waals surface area contributed by atoms with Gasteiger partial charge >= 0.3 is 0 Å². The maximum absolute atomic E-state index is 14.0. The van der Waals surface area contributed by atoms with E-state index in [1.54, 1.807) is 32.3 Å². The van der Waals surface area contributed by atoms with Gasteiger partial charge in [0.15, 0.2) is 0 Å². The quantitative estimate of drug-likeness (QED) is 0.696. The third-order valence-corrected chi connectivity index (χ3v) is 4.04. The van der Waals surface area contributed by atoms with Gasteiger partial charge in [-0.3, -0.25) is 0 Å². The number of nitrogens with one attached hydrogen (secondary N) is 1. The predicted molar refractivity (Wildman–Crippen MR) is 98.6 cm³/mol. The number of rotatable bonds is 6. The lowest BCUT2D eigenvalue weighted by Gasteiger charge is -2.16. The van der Waals surface area contributed by atoms with Crippen molar-refractivity contribution in [1.82, 2.24) is 9.55 Å². The summed E-state index contributed by atoms with van der Waals surface area (Å²) in [6.07, 6.45) is 3.62. The minimum Gasteiger partial charge on any atom is -0.395 e. The third kappa shape index (κ3) is 4.06. The van der Waals surface area contributed by atoms with Crippen molar-refractivity contribution in [3.05, 3.63) is 66.6 Å². The van der Waals surface area contributed by atoms with Gasteiger partial charge in [0.05, 0.1) is 18.6 Å². The van der Waals surface area contributed by atoms with Crippen LogP contribution in [0.1, 0.15) is 19.4 Å². The molecule has 2 N–H and O–H groups in total. The van der Waals surface area contributed by atoms with Crippen molar-refractivity contribution in [2.24, 2.45) is 0 Å². The van der Waals surface area contributed by atoms with Gasteiger partial charge in [0.2, 0.25) is 0 Å². The number of hydrogen-bond donors (Lipinski definition) is 2. The molecule has 5 heteroatoms. The Bertz CT molecular complexity index is 835. The second kappa shape index (κ2) is 7.07. The van der Waals surface area contributed by atoms with Crippen molar-refractivity contribution >= 4 is 11.4 Å². The van der Waals surface area contributed by atoms with Crippen LogP contribution in [0.25, 0.3) is 11.3 Å². The molecule has 0 aliphatic rings. The van der Waals surface area contributed by atoms with E-state index in [1.165, 1.54) is 0 Å². The SMILES string of the molecule is CC(C)(F)c1ccc(Nc2ccccc2-c2cn(CCO)cn2)cc1. The van der Waals surface area contributed by atoms with Crippen LogP contribution in [0.2, 0.25) is 0 Å². The third-order valence-electron chi connectivity index (χ3n) is 4.04. The standard InChI is InChI=1S/C20H22FN3O/c1-20(2,21)15-7-9-16(10-8-15)23-18-6-4-3-5-17(18)19-13-24(11-12-25)14-22-19/h3-10,13-14,23,25H,11-12H2,1-2H3. The molecule has 0 bridgehead atoms. The first-order valence-electron chi connectivity index (χ1n) is 8.26. The van der Waals surface area contributed by atoms with Crippen molar-refractivity contribution in [2.45, 2.75) is 26.1 Å². The van der Waals surface area contributed by atoms with Crippen LogP contribution in [-0.2, 0) is 12.2 Å². The fourth-order valence-electron chi connectivity index (χ4n) is 2.66. The second-order valence-electron chi connectivity index (χ2n) is 6.44. The van der Waals surface area contributed by atoms with Crippen LogP contribution in [0, 0.1) is 0 Å². The van der Waals surface area contributed by atoms with E-state index in [0.717, 1.165) is 22.6 Å². The molecule has 25 heavy (non-hydrogen) atoms. The molecule has 130 valence electrons. The molecule has 0 saturated carbocycles. The van der Waals surface area contributed by atoms with Gasteiger partial charge in [0.1, 0.15) is 5.67 Å². The zero-order valence-electron chi connectivity index (χ0n) is 14.4. The van der Waals surface area contributed by atoms with Crippen molar-refractivity contribution in [3.63, 3.8) is 0 Å². The van der Waals surface area contributed by atoms with Crippen molar-refractivity contribution < 1.29 is 9.50 Å². The predicted octanol–water partition coefficient (Wildman–Crippen LogP) is 4.49. The lowest BCUT2D eigenvalue weighted by atomic mass is 10.00. The normalized spacial score (nSPS) is 11.5. The number of halogens is 1. The first-order valence-corrected chi connectivity index (χ1v) is 8.26. The summed E-state index contributed by atoms with van der Waals surface area (Å²) in [5, 5.41) is 12.4. The van der Waals surface area contributed by atoms with Crippen LogP contribution in [-0.4, -0.2) is 21.3 Å². The summed E-state index contributed by atoms with van der Waals surface area (Å²) in [6.45, 7) is 3.69.